The number of nitrogens with zero attached hydrogens (tertiary/aromatic N) is 2. The lowest BCUT2D eigenvalue weighted by Gasteiger charge is -2.29. The molecular formula is C22H26F2N4O3. The number of hydrogen-bond acceptors (Lipinski definition) is 4. The maximum atomic E-state index is 12.8. The molecule has 0 aliphatic carbocycles. The van der Waals surface area contributed by atoms with Crippen molar-refractivity contribution in [3.05, 3.63) is 53.6 Å². The summed E-state index contributed by atoms with van der Waals surface area (Å²) in [5.41, 5.74) is 2.57. The first kappa shape index (κ1) is 22.3. The van der Waals surface area contributed by atoms with Gasteiger partial charge in [-0.2, -0.15) is 8.78 Å². The van der Waals surface area contributed by atoms with Crippen molar-refractivity contribution in [3.8, 4) is 11.5 Å². The third kappa shape index (κ3) is 5.84. The van der Waals surface area contributed by atoms with E-state index in [0.29, 0.717) is 23.8 Å². The summed E-state index contributed by atoms with van der Waals surface area (Å²) < 4.78 is 35.1. The molecule has 1 aliphatic rings. The number of anilines is 1. The fourth-order valence-electron chi connectivity index (χ4n) is 3.48. The van der Waals surface area contributed by atoms with Crippen LogP contribution in [0.3, 0.4) is 0 Å². The van der Waals surface area contributed by atoms with Gasteiger partial charge in [0.15, 0.2) is 5.96 Å². The van der Waals surface area contributed by atoms with Crippen LogP contribution in [0.5, 0.6) is 11.5 Å². The predicted octanol–water partition coefficient (Wildman–Crippen LogP) is 2.94. The summed E-state index contributed by atoms with van der Waals surface area (Å²) >= 11 is 0. The normalized spacial score (nSPS) is 13.6. The average Bonchev–Trinajstić information content (AvgIpc) is 2.79. The van der Waals surface area contributed by atoms with Gasteiger partial charge in [-0.1, -0.05) is 18.2 Å². The van der Waals surface area contributed by atoms with Crippen LogP contribution in [0.2, 0.25) is 0 Å². The van der Waals surface area contributed by atoms with E-state index < -0.39 is 6.61 Å². The molecule has 166 valence electrons. The van der Waals surface area contributed by atoms with Gasteiger partial charge in [-0.25, -0.2) is 0 Å². The molecule has 1 amide bonds. The molecule has 1 heterocycles. The fraction of sp³-hybridized carbons (Fsp3) is 0.364. The molecule has 0 fully saturated rings. The van der Waals surface area contributed by atoms with Crippen LogP contribution in [0.4, 0.5) is 14.5 Å². The fourth-order valence-corrected chi connectivity index (χ4v) is 3.48. The number of amides is 1. The highest BCUT2D eigenvalue weighted by Gasteiger charge is 2.22. The van der Waals surface area contributed by atoms with E-state index in [2.05, 4.69) is 20.4 Å². The van der Waals surface area contributed by atoms with Crippen LogP contribution < -0.4 is 25.0 Å². The lowest BCUT2D eigenvalue weighted by molar-refractivity contribution is -0.117. The minimum atomic E-state index is -2.94. The number of nitrogens with one attached hydrogen (secondary N) is 2. The van der Waals surface area contributed by atoms with Gasteiger partial charge in [-0.05, 0) is 42.7 Å². The number of alkyl halides is 2. The Morgan fingerprint density at radius 1 is 1.23 bits per heavy atom. The highest BCUT2D eigenvalue weighted by Crippen LogP contribution is 2.27. The second-order valence-corrected chi connectivity index (χ2v) is 6.91. The SMILES string of the molecule is CN=C(NCC(=O)N1CCCc2ccccc21)NCc1cc(OC)ccc1OC(F)F. The predicted molar refractivity (Wildman–Crippen MR) is 115 cm³/mol. The van der Waals surface area contributed by atoms with Crippen molar-refractivity contribution in [1.82, 2.24) is 10.6 Å². The number of guanidine groups is 1. The first-order chi connectivity index (χ1) is 15.0. The molecule has 7 nitrogen and oxygen atoms in total. The highest BCUT2D eigenvalue weighted by molar-refractivity contribution is 5.98. The smallest absolute Gasteiger partial charge is 0.387 e. The van der Waals surface area contributed by atoms with Crippen LogP contribution >= 0.6 is 0 Å². The zero-order valence-electron chi connectivity index (χ0n) is 17.5. The van der Waals surface area contributed by atoms with E-state index in [0.717, 1.165) is 24.1 Å². The summed E-state index contributed by atoms with van der Waals surface area (Å²) in [5.74, 6) is 0.850. The van der Waals surface area contributed by atoms with Crippen LogP contribution in [-0.4, -0.2) is 45.7 Å². The number of benzene rings is 2. The maximum Gasteiger partial charge on any atom is 0.387 e. The summed E-state index contributed by atoms with van der Waals surface area (Å²) in [6.07, 6.45) is 1.87. The molecule has 0 spiro atoms. The van der Waals surface area contributed by atoms with Gasteiger partial charge in [0.1, 0.15) is 11.5 Å². The first-order valence-electron chi connectivity index (χ1n) is 9.96. The number of hydrogen-bond donors (Lipinski definition) is 2. The molecule has 0 atom stereocenters. The number of fused-ring (bicyclic) bond motifs is 1. The summed E-state index contributed by atoms with van der Waals surface area (Å²) in [6, 6.07) is 12.5. The Morgan fingerprint density at radius 2 is 2.03 bits per heavy atom. The molecule has 2 N–H and O–H groups in total. The molecule has 0 saturated heterocycles. The molecular weight excluding hydrogens is 406 g/mol. The Kier molecular flexibility index (Phi) is 7.64. The van der Waals surface area contributed by atoms with Gasteiger partial charge in [-0.15, -0.1) is 0 Å². The molecule has 0 saturated carbocycles. The molecule has 0 unspecified atom stereocenters. The van der Waals surface area contributed by atoms with Gasteiger partial charge in [-0.3, -0.25) is 9.79 Å². The topological polar surface area (TPSA) is 75.2 Å². The van der Waals surface area contributed by atoms with Crippen molar-refractivity contribution in [3.63, 3.8) is 0 Å². The Balaban J connectivity index is 1.60. The third-order valence-electron chi connectivity index (χ3n) is 4.97. The molecule has 0 radical (unpaired) electrons. The number of carbonyl (C=O) groups is 1. The minimum Gasteiger partial charge on any atom is -0.497 e. The zero-order valence-corrected chi connectivity index (χ0v) is 17.5. The largest absolute Gasteiger partial charge is 0.497 e. The van der Waals surface area contributed by atoms with Crippen molar-refractivity contribution in [1.29, 1.82) is 0 Å². The van der Waals surface area contributed by atoms with Crippen LogP contribution in [0.25, 0.3) is 0 Å². The van der Waals surface area contributed by atoms with E-state index in [-0.39, 0.29) is 24.7 Å². The monoisotopic (exact) mass is 432 g/mol. The van der Waals surface area contributed by atoms with Crippen LogP contribution in [-0.2, 0) is 17.8 Å². The standard InChI is InChI=1S/C22H26F2N4O3/c1-25-22(26-13-16-12-17(30-2)9-10-19(16)31-21(23)24)27-14-20(29)28-11-5-7-15-6-3-4-8-18(15)28/h3-4,6,8-10,12,21H,5,7,11,13-14H2,1-2H3,(H2,25,26,27). The molecule has 3 rings (SSSR count). The van der Waals surface area contributed by atoms with Crippen molar-refractivity contribution >= 4 is 17.6 Å². The second-order valence-electron chi connectivity index (χ2n) is 6.91. The molecule has 0 bridgehead atoms. The molecule has 2 aromatic carbocycles. The molecule has 1 aliphatic heterocycles. The van der Waals surface area contributed by atoms with Crippen molar-refractivity contribution in [2.75, 3.05) is 32.1 Å². The van der Waals surface area contributed by atoms with Crippen LogP contribution in [0.1, 0.15) is 17.5 Å². The average molecular weight is 432 g/mol. The van der Waals surface area contributed by atoms with E-state index in [4.69, 9.17) is 4.74 Å². The minimum absolute atomic E-state index is 0.0414. The first-order valence-corrected chi connectivity index (χ1v) is 9.96. The lowest BCUT2D eigenvalue weighted by Crippen LogP contribution is -2.45. The third-order valence-corrected chi connectivity index (χ3v) is 4.97. The quantitative estimate of drug-likeness (QED) is 0.520. The van der Waals surface area contributed by atoms with E-state index in [9.17, 15) is 13.6 Å². The number of ether oxygens (including phenoxy) is 2. The number of carbonyl (C=O) groups excluding carboxylic acids is 1. The zero-order chi connectivity index (χ0) is 22.2. The van der Waals surface area contributed by atoms with Gasteiger partial charge < -0.3 is 25.0 Å². The van der Waals surface area contributed by atoms with E-state index >= 15 is 0 Å². The number of rotatable bonds is 7. The van der Waals surface area contributed by atoms with E-state index in [1.807, 2.05) is 24.3 Å². The van der Waals surface area contributed by atoms with Crippen LogP contribution in [0.15, 0.2) is 47.5 Å². The lowest BCUT2D eigenvalue weighted by atomic mass is 10.0. The van der Waals surface area contributed by atoms with E-state index in [1.54, 1.807) is 24.1 Å². The Labute approximate surface area is 180 Å². The second kappa shape index (κ2) is 10.6. The molecule has 0 aromatic heterocycles. The number of methoxy groups -OCH3 is 1. The molecule has 2 aromatic rings. The Morgan fingerprint density at radius 3 is 2.77 bits per heavy atom. The number of aliphatic imine (C=N–C) groups is 1. The summed E-state index contributed by atoms with van der Waals surface area (Å²) in [6.45, 7) is -2.07. The van der Waals surface area contributed by atoms with Gasteiger partial charge in [0.05, 0.1) is 13.7 Å². The van der Waals surface area contributed by atoms with Gasteiger partial charge in [0, 0.05) is 31.4 Å². The number of aryl methyl sites for hydroxylation is 1. The number of para-hydroxylation sites is 1. The van der Waals surface area contributed by atoms with Gasteiger partial charge in [0.25, 0.3) is 0 Å². The van der Waals surface area contributed by atoms with Gasteiger partial charge >= 0.3 is 6.61 Å². The van der Waals surface area contributed by atoms with Crippen molar-refractivity contribution in [2.45, 2.75) is 26.0 Å². The van der Waals surface area contributed by atoms with Crippen molar-refractivity contribution in [2.24, 2.45) is 4.99 Å². The number of halogens is 2. The maximum absolute atomic E-state index is 12.8. The van der Waals surface area contributed by atoms with E-state index in [1.165, 1.54) is 13.2 Å². The summed E-state index contributed by atoms with van der Waals surface area (Å²) in [7, 11) is 3.06. The Bertz CT molecular complexity index is 937. The van der Waals surface area contributed by atoms with Crippen molar-refractivity contribution < 1.29 is 23.0 Å². The Hall–Kier alpha value is -3.36. The van der Waals surface area contributed by atoms with Gasteiger partial charge in [0.2, 0.25) is 5.91 Å². The summed E-state index contributed by atoms with van der Waals surface area (Å²) in [4.78, 5) is 18.6. The highest BCUT2D eigenvalue weighted by atomic mass is 19.3. The van der Waals surface area contributed by atoms with Crippen LogP contribution in [0, 0.1) is 0 Å². The summed E-state index contributed by atoms with van der Waals surface area (Å²) in [5, 5.41) is 6.00. The molecule has 31 heavy (non-hydrogen) atoms. The molecule has 9 heteroatoms.